The zero-order valence-electron chi connectivity index (χ0n) is 13.5. The average Bonchev–Trinajstić information content (AvgIpc) is 3.06. The quantitative estimate of drug-likeness (QED) is 0.799. The van der Waals surface area contributed by atoms with Gasteiger partial charge in [0.15, 0.2) is 6.10 Å². The Balaban J connectivity index is 2.16. The van der Waals surface area contributed by atoms with Crippen molar-refractivity contribution in [3.63, 3.8) is 0 Å². The molecule has 0 spiro atoms. The molecule has 0 aromatic heterocycles. The van der Waals surface area contributed by atoms with Gasteiger partial charge in [0, 0.05) is 7.11 Å². The van der Waals surface area contributed by atoms with Crippen LogP contribution in [0.15, 0.2) is 24.3 Å². The van der Waals surface area contributed by atoms with Gasteiger partial charge >= 0.3 is 5.97 Å². The van der Waals surface area contributed by atoms with Crippen molar-refractivity contribution in [2.24, 2.45) is 0 Å². The first-order chi connectivity index (χ1) is 11.0. The first-order valence-electron chi connectivity index (χ1n) is 7.72. The van der Waals surface area contributed by atoms with Gasteiger partial charge < -0.3 is 19.9 Å². The van der Waals surface area contributed by atoms with Gasteiger partial charge in [-0.3, -0.25) is 4.79 Å². The summed E-state index contributed by atoms with van der Waals surface area (Å²) in [5, 5.41) is 11.7. The number of nitrogens with one attached hydrogen (secondary N) is 1. The fourth-order valence-corrected chi connectivity index (χ4v) is 3.16. The van der Waals surface area contributed by atoms with E-state index < -0.39 is 17.5 Å². The summed E-state index contributed by atoms with van der Waals surface area (Å²) in [7, 11) is 2.92. The maximum atomic E-state index is 12.8. The van der Waals surface area contributed by atoms with Crippen LogP contribution in [0.5, 0.6) is 5.75 Å². The number of benzene rings is 1. The maximum absolute atomic E-state index is 12.8. The molecule has 6 nitrogen and oxygen atoms in total. The Bertz CT molecular complexity index is 549. The van der Waals surface area contributed by atoms with E-state index in [0.29, 0.717) is 0 Å². The number of carboxylic acids is 1. The highest BCUT2D eigenvalue weighted by Crippen LogP contribution is 2.41. The molecule has 0 aliphatic heterocycles. The van der Waals surface area contributed by atoms with Crippen molar-refractivity contribution in [3.8, 4) is 5.75 Å². The van der Waals surface area contributed by atoms with E-state index in [0.717, 1.165) is 37.0 Å². The van der Waals surface area contributed by atoms with Crippen molar-refractivity contribution in [2.45, 2.75) is 37.2 Å². The van der Waals surface area contributed by atoms with Gasteiger partial charge in [0.05, 0.1) is 19.1 Å². The van der Waals surface area contributed by atoms with Gasteiger partial charge in [0.25, 0.3) is 0 Å². The molecule has 1 atom stereocenters. The summed E-state index contributed by atoms with van der Waals surface area (Å²) < 4.78 is 10.0. The third kappa shape index (κ3) is 3.64. The number of methoxy groups -OCH3 is 2. The second-order valence-electron chi connectivity index (χ2n) is 5.79. The average molecular weight is 321 g/mol. The number of hydrogen-bond acceptors (Lipinski definition) is 4. The van der Waals surface area contributed by atoms with Crippen LogP contribution in [0.1, 0.15) is 31.2 Å². The van der Waals surface area contributed by atoms with Crippen LogP contribution in [0.3, 0.4) is 0 Å². The van der Waals surface area contributed by atoms with Crippen LogP contribution >= 0.6 is 0 Å². The van der Waals surface area contributed by atoms with Crippen LogP contribution in [0.25, 0.3) is 0 Å². The van der Waals surface area contributed by atoms with E-state index in [1.807, 2.05) is 24.3 Å². The van der Waals surface area contributed by atoms with E-state index in [1.54, 1.807) is 7.11 Å². The Hall–Kier alpha value is -2.08. The molecule has 0 bridgehead atoms. The number of carboxylic acid groups (broad SMARTS) is 1. The summed E-state index contributed by atoms with van der Waals surface area (Å²) in [5.41, 5.74) is 0.348. The Morgan fingerprint density at radius 3 is 2.30 bits per heavy atom. The van der Waals surface area contributed by atoms with E-state index in [-0.39, 0.29) is 12.5 Å². The molecule has 0 heterocycles. The molecule has 1 unspecified atom stereocenters. The predicted octanol–water partition coefficient (Wildman–Crippen LogP) is 1.72. The Kier molecular flexibility index (Phi) is 5.60. The lowest BCUT2D eigenvalue weighted by molar-refractivity contribution is -0.148. The highest BCUT2D eigenvalue weighted by Gasteiger charge is 2.42. The van der Waals surface area contributed by atoms with E-state index in [9.17, 15) is 9.59 Å². The lowest BCUT2D eigenvalue weighted by Crippen LogP contribution is -2.46. The second-order valence-corrected chi connectivity index (χ2v) is 5.79. The first kappa shape index (κ1) is 17.3. The van der Waals surface area contributed by atoms with Gasteiger partial charge in [-0.05, 0) is 30.5 Å². The molecule has 1 amide bonds. The van der Waals surface area contributed by atoms with E-state index in [2.05, 4.69) is 5.32 Å². The molecule has 1 aliphatic rings. The standard InChI is InChI=1S/C17H23NO5/c1-22-13-7-5-12(6-8-13)17(9-3-4-10-17)16(21)18-11-14(23-2)15(19)20/h5-8,14H,3-4,9-11H2,1-2H3,(H,18,21)(H,19,20). The number of carbonyl (C=O) groups excluding carboxylic acids is 1. The highest BCUT2D eigenvalue weighted by molar-refractivity contribution is 5.89. The van der Waals surface area contributed by atoms with Gasteiger partial charge in [-0.15, -0.1) is 0 Å². The molecule has 1 fully saturated rings. The number of hydrogen-bond donors (Lipinski definition) is 2. The highest BCUT2D eigenvalue weighted by atomic mass is 16.5. The summed E-state index contributed by atoms with van der Waals surface area (Å²) >= 11 is 0. The van der Waals surface area contributed by atoms with Gasteiger partial charge in [-0.1, -0.05) is 25.0 Å². The van der Waals surface area contributed by atoms with Crippen molar-refractivity contribution in [2.75, 3.05) is 20.8 Å². The first-order valence-corrected chi connectivity index (χ1v) is 7.72. The second kappa shape index (κ2) is 7.46. The van der Waals surface area contributed by atoms with Crippen molar-refractivity contribution in [1.29, 1.82) is 0 Å². The molecule has 2 N–H and O–H groups in total. The van der Waals surface area contributed by atoms with Crippen LogP contribution in [0.2, 0.25) is 0 Å². The molecule has 1 saturated carbocycles. The summed E-state index contributed by atoms with van der Waals surface area (Å²) in [6, 6.07) is 7.51. The third-order valence-corrected chi connectivity index (χ3v) is 4.54. The minimum atomic E-state index is -1.09. The number of rotatable bonds is 7. The van der Waals surface area contributed by atoms with Gasteiger partial charge in [0.1, 0.15) is 5.75 Å². The molecule has 1 aromatic carbocycles. The fourth-order valence-electron chi connectivity index (χ4n) is 3.16. The number of aliphatic carboxylic acids is 1. The smallest absolute Gasteiger partial charge is 0.334 e. The molecule has 6 heteroatoms. The molecule has 0 radical (unpaired) electrons. The summed E-state index contributed by atoms with van der Waals surface area (Å²) in [6.45, 7) is -0.0391. The molecular weight excluding hydrogens is 298 g/mol. The van der Waals surface area contributed by atoms with Gasteiger partial charge in [-0.25, -0.2) is 4.79 Å². The SMILES string of the molecule is COc1ccc(C2(C(=O)NCC(OC)C(=O)O)CCCC2)cc1. The summed E-state index contributed by atoms with van der Waals surface area (Å²) in [5.74, 6) is -0.478. The van der Waals surface area contributed by atoms with Crippen LogP contribution < -0.4 is 10.1 Å². The topological polar surface area (TPSA) is 84.9 Å². The van der Waals surface area contributed by atoms with E-state index in [4.69, 9.17) is 14.6 Å². The summed E-state index contributed by atoms with van der Waals surface area (Å²) in [6.07, 6.45) is 2.44. The zero-order valence-corrected chi connectivity index (χ0v) is 13.5. The normalized spacial score (nSPS) is 17.5. The summed E-state index contributed by atoms with van der Waals surface area (Å²) in [4.78, 5) is 23.8. The van der Waals surface area contributed by atoms with Crippen LogP contribution in [-0.4, -0.2) is 43.9 Å². The van der Waals surface area contributed by atoms with Crippen LogP contribution in [-0.2, 0) is 19.7 Å². The zero-order chi connectivity index (χ0) is 16.9. The molecule has 2 rings (SSSR count). The number of carbonyl (C=O) groups is 2. The lowest BCUT2D eigenvalue weighted by atomic mass is 9.78. The minimum Gasteiger partial charge on any atom is -0.497 e. The lowest BCUT2D eigenvalue weighted by Gasteiger charge is -2.29. The van der Waals surface area contributed by atoms with Gasteiger partial charge in [-0.2, -0.15) is 0 Å². The van der Waals surface area contributed by atoms with Crippen LogP contribution in [0, 0.1) is 0 Å². The molecule has 0 saturated heterocycles. The maximum Gasteiger partial charge on any atom is 0.334 e. The Labute approximate surface area is 135 Å². The molecular formula is C17H23NO5. The number of ether oxygens (including phenoxy) is 2. The Morgan fingerprint density at radius 1 is 1.22 bits per heavy atom. The fraction of sp³-hybridized carbons (Fsp3) is 0.529. The minimum absolute atomic E-state index is 0.0391. The van der Waals surface area contributed by atoms with Crippen molar-refractivity contribution in [1.82, 2.24) is 5.32 Å². The largest absolute Gasteiger partial charge is 0.497 e. The van der Waals surface area contributed by atoms with Gasteiger partial charge in [0.2, 0.25) is 5.91 Å². The van der Waals surface area contributed by atoms with E-state index in [1.165, 1.54) is 7.11 Å². The Morgan fingerprint density at radius 2 is 1.83 bits per heavy atom. The van der Waals surface area contributed by atoms with Crippen LogP contribution in [0.4, 0.5) is 0 Å². The third-order valence-electron chi connectivity index (χ3n) is 4.54. The number of amides is 1. The predicted molar refractivity (Wildman–Crippen MR) is 84.6 cm³/mol. The van der Waals surface area contributed by atoms with Crippen molar-refractivity contribution < 1.29 is 24.2 Å². The van der Waals surface area contributed by atoms with Crippen molar-refractivity contribution in [3.05, 3.63) is 29.8 Å². The van der Waals surface area contributed by atoms with Crippen molar-refractivity contribution >= 4 is 11.9 Å². The molecule has 23 heavy (non-hydrogen) atoms. The molecule has 1 aliphatic carbocycles. The monoisotopic (exact) mass is 321 g/mol. The molecule has 126 valence electrons. The van der Waals surface area contributed by atoms with E-state index >= 15 is 0 Å². The molecule has 1 aromatic rings.